The molecule has 1 N–H and O–H groups in total. The highest BCUT2D eigenvalue weighted by molar-refractivity contribution is 9.10. The van der Waals surface area contributed by atoms with Crippen molar-refractivity contribution >= 4 is 28.1 Å². The Hall–Kier alpha value is -1.20. The first kappa shape index (κ1) is 11.3. The van der Waals surface area contributed by atoms with Crippen LogP contribution < -0.4 is 4.74 Å². The fourth-order valence-corrected chi connectivity index (χ4v) is 1.95. The summed E-state index contributed by atoms with van der Waals surface area (Å²) in [4.78, 5) is 6.98. The third-order valence-corrected chi connectivity index (χ3v) is 2.83. The van der Waals surface area contributed by atoms with E-state index in [-0.39, 0.29) is 0 Å². The molecular weight excluding hydrogens is 288 g/mol. The molecule has 1 aromatic carbocycles. The highest BCUT2D eigenvalue weighted by Crippen LogP contribution is 2.30. The summed E-state index contributed by atoms with van der Waals surface area (Å²) >= 11 is 8.42. The van der Waals surface area contributed by atoms with Crippen LogP contribution in [0.3, 0.4) is 0 Å². The molecule has 0 aliphatic rings. The van der Waals surface area contributed by atoms with Gasteiger partial charge in [-0.2, -0.15) is 0 Å². The molecule has 0 bridgehead atoms. The summed E-state index contributed by atoms with van der Waals surface area (Å²) in [6.45, 7) is 0. The SMILES string of the molecule is COc1ccc(Br)cc1-c1ccnc(=S)[nH]1. The zero-order valence-electron chi connectivity index (χ0n) is 8.53. The van der Waals surface area contributed by atoms with Crippen LogP contribution in [0.4, 0.5) is 0 Å². The predicted molar refractivity (Wildman–Crippen MR) is 69.1 cm³/mol. The number of aromatic amines is 1. The second-order valence-corrected chi connectivity index (χ2v) is 4.44. The van der Waals surface area contributed by atoms with E-state index in [9.17, 15) is 0 Å². The second-order valence-electron chi connectivity index (χ2n) is 3.13. The molecule has 0 fully saturated rings. The van der Waals surface area contributed by atoms with E-state index < -0.39 is 0 Å². The van der Waals surface area contributed by atoms with Crippen molar-refractivity contribution < 1.29 is 4.74 Å². The molecule has 1 aromatic heterocycles. The summed E-state index contributed by atoms with van der Waals surface area (Å²) in [5.74, 6) is 0.792. The molecule has 0 amide bonds. The molecule has 0 saturated carbocycles. The van der Waals surface area contributed by atoms with Crippen LogP contribution in [-0.2, 0) is 0 Å². The lowest BCUT2D eigenvalue weighted by atomic mass is 10.1. The molecule has 5 heteroatoms. The Morgan fingerprint density at radius 3 is 2.88 bits per heavy atom. The minimum absolute atomic E-state index is 0.458. The van der Waals surface area contributed by atoms with Gasteiger partial charge in [0, 0.05) is 16.2 Å². The van der Waals surface area contributed by atoms with Crippen LogP contribution in [0.1, 0.15) is 0 Å². The molecule has 0 spiro atoms. The van der Waals surface area contributed by atoms with Crippen LogP contribution in [0.15, 0.2) is 34.9 Å². The van der Waals surface area contributed by atoms with Crippen molar-refractivity contribution in [2.45, 2.75) is 0 Å². The summed E-state index contributed by atoms with van der Waals surface area (Å²) in [5, 5.41) is 0. The van der Waals surface area contributed by atoms with E-state index in [2.05, 4.69) is 25.9 Å². The molecule has 0 saturated heterocycles. The highest BCUT2D eigenvalue weighted by atomic mass is 79.9. The molecule has 2 rings (SSSR count). The third-order valence-electron chi connectivity index (χ3n) is 2.13. The normalized spacial score (nSPS) is 10.1. The molecule has 0 atom stereocenters. The largest absolute Gasteiger partial charge is 0.496 e. The third kappa shape index (κ3) is 2.31. The van der Waals surface area contributed by atoms with Gasteiger partial charge in [-0.15, -0.1) is 0 Å². The van der Waals surface area contributed by atoms with Crippen molar-refractivity contribution in [1.29, 1.82) is 0 Å². The Bertz CT molecular complexity index is 568. The van der Waals surface area contributed by atoms with Gasteiger partial charge in [0.1, 0.15) is 5.75 Å². The van der Waals surface area contributed by atoms with Crippen LogP contribution in [0.2, 0.25) is 0 Å². The van der Waals surface area contributed by atoms with E-state index in [1.807, 2.05) is 24.3 Å². The first-order valence-corrected chi connectivity index (χ1v) is 5.80. The fraction of sp³-hybridized carbons (Fsp3) is 0.0909. The predicted octanol–water partition coefficient (Wildman–Crippen LogP) is 3.58. The topological polar surface area (TPSA) is 37.9 Å². The molecular formula is C11H9BrN2OS. The lowest BCUT2D eigenvalue weighted by molar-refractivity contribution is 0.416. The number of methoxy groups -OCH3 is 1. The molecule has 2 aromatic rings. The number of rotatable bonds is 2. The van der Waals surface area contributed by atoms with Crippen molar-refractivity contribution in [3.05, 3.63) is 39.7 Å². The number of hydrogen-bond acceptors (Lipinski definition) is 3. The molecule has 1 heterocycles. The zero-order valence-corrected chi connectivity index (χ0v) is 10.9. The number of ether oxygens (including phenoxy) is 1. The van der Waals surface area contributed by atoms with Gasteiger partial charge in [-0.05, 0) is 36.5 Å². The Kier molecular flexibility index (Phi) is 3.36. The van der Waals surface area contributed by atoms with E-state index in [1.165, 1.54) is 0 Å². The average molecular weight is 297 g/mol. The van der Waals surface area contributed by atoms with Crippen LogP contribution in [0.25, 0.3) is 11.3 Å². The van der Waals surface area contributed by atoms with Gasteiger partial charge < -0.3 is 9.72 Å². The summed E-state index contributed by atoms with van der Waals surface area (Å²) in [6.07, 6.45) is 1.68. The van der Waals surface area contributed by atoms with Crippen molar-refractivity contribution in [1.82, 2.24) is 9.97 Å². The number of aromatic nitrogens is 2. The first-order valence-electron chi connectivity index (χ1n) is 4.60. The molecule has 0 aliphatic heterocycles. The van der Waals surface area contributed by atoms with Crippen LogP contribution in [-0.4, -0.2) is 17.1 Å². The first-order chi connectivity index (χ1) is 7.70. The molecule has 3 nitrogen and oxygen atoms in total. The Morgan fingerprint density at radius 1 is 1.38 bits per heavy atom. The lowest BCUT2D eigenvalue weighted by Crippen LogP contribution is -1.91. The van der Waals surface area contributed by atoms with Gasteiger partial charge in [0.15, 0.2) is 4.77 Å². The van der Waals surface area contributed by atoms with Gasteiger partial charge in [0.05, 0.1) is 12.8 Å². The number of H-pyrrole nitrogens is 1. The maximum absolute atomic E-state index is 5.30. The maximum Gasteiger partial charge on any atom is 0.197 e. The minimum Gasteiger partial charge on any atom is -0.496 e. The monoisotopic (exact) mass is 296 g/mol. The molecule has 0 radical (unpaired) electrons. The highest BCUT2D eigenvalue weighted by Gasteiger charge is 2.06. The number of nitrogens with zero attached hydrogens (tertiary/aromatic N) is 1. The van der Waals surface area contributed by atoms with Gasteiger partial charge in [-0.25, -0.2) is 4.98 Å². The standard InChI is InChI=1S/C11H9BrN2OS/c1-15-10-3-2-7(12)6-8(10)9-4-5-13-11(16)14-9/h2-6H,1H3,(H,13,14,16). The Labute approximate surface area is 107 Å². The van der Waals surface area contributed by atoms with E-state index >= 15 is 0 Å². The van der Waals surface area contributed by atoms with Crippen molar-refractivity contribution in [3.8, 4) is 17.0 Å². The van der Waals surface area contributed by atoms with Gasteiger partial charge in [-0.1, -0.05) is 15.9 Å². The minimum atomic E-state index is 0.458. The summed E-state index contributed by atoms with van der Waals surface area (Å²) in [7, 11) is 1.64. The maximum atomic E-state index is 5.30. The second kappa shape index (κ2) is 4.76. The quantitative estimate of drug-likeness (QED) is 0.861. The van der Waals surface area contributed by atoms with Crippen molar-refractivity contribution in [3.63, 3.8) is 0 Å². The number of benzene rings is 1. The molecule has 82 valence electrons. The summed E-state index contributed by atoms with van der Waals surface area (Å²) in [6, 6.07) is 7.66. The van der Waals surface area contributed by atoms with Crippen LogP contribution in [0, 0.1) is 4.77 Å². The summed E-state index contributed by atoms with van der Waals surface area (Å²) < 4.78 is 6.74. The molecule has 0 aliphatic carbocycles. The lowest BCUT2D eigenvalue weighted by Gasteiger charge is -2.08. The fourth-order valence-electron chi connectivity index (χ4n) is 1.42. The molecule has 0 unspecified atom stereocenters. The van der Waals surface area contributed by atoms with Crippen molar-refractivity contribution in [2.75, 3.05) is 7.11 Å². The van der Waals surface area contributed by atoms with Crippen LogP contribution >= 0.6 is 28.1 Å². The van der Waals surface area contributed by atoms with Crippen molar-refractivity contribution in [2.24, 2.45) is 0 Å². The number of hydrogen-bond donors (Lipinski definition) is 1. The van der Waals surface area contributed by atoms with Gasteiger partial charge in [0.25, 0.3) is 0 Å². The van der Waals surface area contributed by atoms with Crippen LogP contribution in [0.5, 0.6) is 5.75 Å². The smallest absolute Gasteiger partial charge is 0.197 e. The summed E-state index contributed by atoms with van der Waals surface area (Å²) in [5.41, 5.74) is 1.84. The Balaban J connectivity index is 2.62. The van der Waals surface area contributed by atoms with E-state index in [1.54, 1.807) is 13.3 Å². The van der Waals surface area contributed by atoms with E-state index in [0.717, 1.165) is 21.5 Å². The Morgan fingerprint density at radius 2 is 2.19 bits per heavy atom. The van der Waals surface area contributed by atoms with E-state index in [0.29, 0.717) is 4.77 Å². The number of halogens is 1. The zero-order chi connectivity index (χ0) is 11.5. The number of nitrogens with one attached hydrogen (secondary N) is 1. The van der Waals surface area contributed by atoms with Gasteiger partial charge >= 0.3 is 0 Å². The van der Waals surface area contributed by atoms with Gasteiger partial charge in [-0.3, -0.25) is 0 Å². The van der Waals surface area contributed by atoms with E-state index in [4.69, 9.17) is 17.0 Å². The van der Waals surface area contributed by atoms with Gasteiger partial charge in [0.2, 0.25) is 0 Å². The molecule has 16 heavy (non-hydrogen) atoms. The average Bonchev–Trinajstić information content (AvgIpc) is 2.29.